The van der Waals surface area contributed by atoms with Crippen molar-refractivity contribution in [2.75, 3.05) is 33.3 Å². The largest absolute Gasteiger partial charge is 0.394 e. The van der Waals surface area contributed by atoms with E-state index in [1.165, 1.54) is 5.56 Å². The van der Waals surface area contributed by atoms with Crippen LogP contribution in [0.1, 0.15) is 25.8 Å². The lowest BCUT2D eigenvalue weighted by Gasteiger charge is -2.35. The first kappa shape index (κ1) is 15.2. The fraction of sp³-hybridized carbons (Fsp3) is 0.600. The topological polar surface area (TPSA) is 35.5 Å². The van der Waals surface area contributed by atoms with Crippen LogP contribution in [0.3, 0.4) is 0 Å². The van der Waals surface area contributed by atoms with Crippen LogP contribution in [0.15, 0.2) is 30.3 Å². The van der Waals surface area contributed by atoms with E-state index in [0.29, 0.717) is 0 Å². The minimum Gasteiger partial charge on any atom is -0.394 e. The predicted octanol–water partition coefficient (Wildman–Crippen LogP) is 1.83. The summed E-state index contributed by atoms with van der Waals surface area (Å²) in [6.45, 7) is 7.21. The lowest BCUT2D eigenvalue weighted by atomic mass is 9.87. The molecule has 0 saturated heterocycles. The van der Waals surface area contributed by atoms with Crippen molar-refractivity contribution in [1.29, 1.82) is 0 Å². The third-order valence-corrected chi connectivity index (χ3v) is 3.57. The van der Waals surface area contributed by atoms with Crippen molar-refractivity contribution in [3.63, 3.8) is 0 Å². The summed E-state index contributed by atoms with van der Waals surface area (Å²) >= 11 is 0. The first-order valence-electron chi connectivity index (χ1n) is 6.78. The van der Waals surface area contributed by atoms with Gasteiger partial charge < -0.3 is 15.3 Å². The van der Waals surface area contributed by atoms with Crippen LogP contribution in [0, 0.1) is 0 Å². The molecule has 0 spiro atoms. The van der Waals surface area contributed by atoms with Crippen LogP contribution in [-0.2, 0) is 5.54 Å². The summed E-state index contributed by atoms with van der Waals surface area (Å²) in [7, 11) is 2.11. The quantitative estimate of drug-likeness (QED) is 0.739. The van der Waals surface area contributed by atoms with Crippen LogP contribution in [-0.4, -0.2) is 43.3 Å². The maximum Gasteiger partial charge on any atom is 0.0681 e. The molecule has 0 radical (unpaired) electrons. The monoisotopic (exact) mass is 250 g/mol. The first-order valence-corrected chi connectivity index (χ1v) is 6.78. The molecule has 18 heavy (non-hydrogen) atoms. The van der Waals surface area contributed by atoms with Crippen molar-refractivity contribution >= 4 is 0 Å². The SMILES string of the molecule is CCNC(CO)(CCN(C)CC)c1ccccc1. The molecule has 3 heteroatoms. The number of aliphatic hydroxyl groups is 1. The number of hydrogen-bond acceptors (Lipinski definition) is 3. The lowest BCUT2D eigenvalue weighted by Crippen LogP contribution is -2.47. The highest BCUT2D eigenvalue weighted by Gasteiger charge is 2.30. The van der Waals surface area contributed by atoms with Gasteiger partial charge in [-0.3, -0.25) is 0 Å². The Bertz CT molecular complexity index is 329. The molecule has 2 N–H and O–H groups in total. The zero-order valence-electron chi connectivity index (χ0n) is 11.8. The molecule has 0 amide bonds. The highest BCUT2D eigenvalue weighted by atomic mass is 16.3. The first-order chi connectivity index (χ1) is 8.68. The van der Waals surface area contributed by atoms with Gasteiger partial charge in [-0.15, -0.1) is 0 Å². The number of aliphatic hydroxyl groups excluding tert-OH is 1. The summed E-state index contributed by atoms with van der Waals surface area (Å²) in [5.41, 5.74) is 0.846. The van der Waals surface area contributed by atoms with Gasteiger partial charge in [0.2, 0.25) is 0 Å². The number of rotatable bonds is 8. The van der Waals surface area contributed by atoms with Crippen LogP contribution in [0.4, 0.5) is 0 Å². The third kappa shape index (κ3) is 3.80. The maximum absolute atomic E-state index is 9.87. The van der Waals surface area contributed by atoms with Gasteiger partial charge in [-0.2, -0.15) is 0 Å². The molecule has 0 aliphatic rings. The van der Waals surface area contributed by atoms with E-state index in [1.807, 2.05) is 18.2 Å². The van der Waals surface area contributed by atoms with Crippen LogP contribution in [0.2, 0.25) is 0 Å². The van der Waals surface area contributed by atoms with E-state index in [1.54, 1.807) is 0 Å². The Hall–Kier alpha value is -0.900. The summed E-state index contributed by atoms with van der Waals surface area (Å²) in [6, 6.07) is 10.2. The standard InChI is InChI=1S/C15H26N2O/c1-4-16-15(13-18,11-12-17(3)5-2)14-9-7-6-8-10-14/h6-10,16,18H,4-5,11-13H2,1-3H3. The van der Waals surface area contributed by atoms with Gasteiger partial charge in [0.15, 0.2) is 0 Å². The zero-order chi connectivity index (χ0) is 13.4. The van der Waals surface area contributed by atoms with E-state index < -0.39 is 0 Å². The highest BCUT2D eigenvalue weighted by molar-refractivity contribution is 5.24. The molecule has 3 nitrogen and oxygen atoms in total. The number of benzene rings is 1. The summed E-state index contributed by atoms with van der Waals surface area (Å²) in [4.78, 5) is 2.27. The van der Waals surface area contributed by atoms with Crippen molar-refractivity contribution in [3.05, 3.63) is 35.9 Å². The Morgan fingerprint density at radius 2 is 1.89 bits per heavy atom. The van der Waals surface area contributed by atoms with Crippen molar-refractivity contribution in [1.82, 2.24) is 10.2 Å². The number of nitrogens with one attached hydrogen (secondary N) is 1. The molecule has 102 valence electrons. The molecule has 1 unspecified atom stereocenters. The van der Waals surface area contributed by atoms with Crippen LogP contribution in [0.25, 0.3) is 0 Å². The third-order valence-electron chi connectivity index (χ3n) is 3.57. The molecule has 0 bridgehead atoms. The summed E-state index contributed by atoms with van der Waals surface area (Å²) < 4.78 is 0. The van der Waals surface area contributed by atoms with Crippen molar-refractivity contribution in [2.45, 2.75) is 25.8 Å². The average molecular weight is 250 g/mol. The van der Waals surface area contributed by atoms with E-state index in [-0.39, 0.29) is 12.1 Å². The molecule has 0 heterocycles. The Balaban J connectivity index is 2.87. The van der Waals surface area contributed by atoms with Crippen LogP contribution >= 0.6 is 0 Å². The number of nitrogens with zero attached hydrogens (tertiary/aromatic N) is 1. The van der Waals surface area contributed by atoms with Gasteiger partial charge in [-0.05, 0) is 38.7 Å². The second kappa shape index (κ2) is 7.52. The van der Waals surface area contributed by atoms with Crippen molar-refractivity contribution in [2.24, 2.45) is 0 Å². The molecule has 1 rings (SSSR count). The smallest absolute Gasteiger partial charge is 0.0681 e. The molecular formula is C15H26N2O. The minimum atomic E-state index is -0.320. The maximum atomic E-state index is 9.87. The fourth-order valence-electron chi connectivity index (χ4n) is 2.20. The Kier molecular flexibility index (Phi) is 6.33. The Morgan fingerprint density at radius 1 is 1.22 bits per heavy atom. The zero-order valence-corrected chi connectivity index (χ0v) is 11.8. The average Bonchev–Trinajstić information content (AvgIpc) is 2.44. The van der Waals surface area contributed by atoms with Crippen molar-refractivity contribution in [3.8, 4) is 0 Å². The molecule has 1 aromatic rings. The lowest BCUT2D eigenvalue weighted by molar-refractivity contribution is 0.139. The van der Waals surface area contributed by atoms with Gasteiger partial charge in [0, 0.05) is 0 Å². The van der Waals surface area contributed by atoms with E-state index in [2.05, 4.69) is 43.2 Å². The molecule has 0 fully saturated rings. The Morgan fingerprint density at radius 3 is 2.39 bits per heavy atom. The molecule has 0 aliphatic carbocycles. The normalized spacial score (nSPS) is 14.7. The fourth-order valence-corrected chi connectivity index (χ4v) is 2.20. The van der Waals surface area contributed by atoms with E-state index >= 15 is 0 Å². The van der Waals surface area contributed by atoms with Gasteiger partial charge in [0.1, 0.15) is 0 Å². The second-order valence-electron chi connectivity index (χ2n) is 4.78. The highest BCUT2D eigenvalue weighted by Crippen LogP contribution is 2.24. The van der Waals surface area contributed by atoms with E-state index in [9.17, 15) is 5.11 Å². The second-order valence-corrected chi connectivity index (χ2v) is 4.78. The van der Waals surface area contributed by atoms with E-state index in [0.717, 1.165) is 26.1 Å². The number of hydrogen-bond donors (Lipinski definition) is 2. The summed E-state index contributed by atoms with van der Waals surface area (Å²) in [6.07, 6.45) is 0.908. The van der Waals surface area contributed by atoms with E-state index in [4.69, 9.17) is 0 Å². The number of likely N-dealkylation sites (N-methyl/N-ethyl adjacent to an activating group) is 1. The predicted molar refractivity (Wildman–Crippen MR) is 76.7 cm³/mol. The van der Waals surface area contributed by atoms with Crippen LogP contribution < -0.4 is 5.32 Å². The van der Waals surface area contributed by atoms with Crippen molar-refractivity contribution < 1.29 is 5.11 Å². The van der Waals surface area contributed by atoms with Gasteiger partial charge in [0.05, 0.1) is 12.1 Å². The van der Waals surface area contributed by atoms with Gasteiger partial charge in [-0.1, -0.05) is 44.2 Å². The molecule has 1 aromatic carbocycles. The summed E-state index contributed by atoms with van der Waals surface area (Å²) in [5.74, 6) is 0. The van der Waals surface area contributed by atoms with Gasteiger partial charge in [0.25, 0.3) is 0 Å². The van der Waals surface area contributed by atoms with Crippen LogP contribution in [0.5, 0.6) is 0 Å². The van der Waals surface area contributed by atoms with Gasteiger partial charge in [-0.25, -0.2) is 0 Å². The molecule has 1 atom stereocenters. The Labute approximate surface area is 111 Å². The van der Waals surface area contributed by atoms with Gasteiger partial charge >= 0.3 is 0 Å². The summed E-state index contributed by atoms with van der Waals surface area (Å²) in [5, 5.41) is 13.3. The minimum absolute atomic E-state index is 0.127. The molecular weight excluding hydrogens is 224 g/mol. The molecule has 0 aliphatic heterocycles. The molecule has 0 aromatic heterocycles. The molecule has 0 saturated carbocycles.